The number of ether oxygens (including phenoxy) is 2. The summed E-state index contributed by atoms with van der Waals surface area (Å²) in [5, 5.41) is 2.85. The molecule has 172 valence electrons. The number of anilines is 1. The van der Waals surface area contributed by atoms with E-state index < -0.39 is 0 Å². The maximum Gasteiger partial charge on any atom is 0.305 e. The molecule has 6 nitrogen and oxygen atoms in total. The minimum atomic E-state index is -0.344. The van der Waals surface area contributed by atoms with Crippen LogP contribution in [0.5, 0.6) is 0 Å². The zero-order valence-electron chi connectivity index (χ0n) is 20.1. The molecule has 1 atom stereocenters. The number of rotatable bonds is 9. The molecule has 1 amide bonds. The molecule has 0 aliphatic rings. The van der Waals surface area contributed by atoms with Crippen molar-refractivity contribution in [3.8, 4) is 0 Å². The van der Waals surface area contributed by atoms with E-state index in [2.05, 4.69) is 25.2 Å². The summed E-state index contributed by atoms with van der Waals surface area (Å²) in [6.07, 6.45) is 3.62. The fourth-order valence-electron chi connectivity index (χ4n) is 2.44. The zero-order valence-corrected chi connectivity index (χ0v) is 20.1. The summed E-state index contributed by atoms with van der Waals surface area (Å²) in [5.41, 5.74) is 3.41. The van der Waals surface area contributed by atoms with Gasteiger partial charge in [-0.05, 0) is 37.8 Å². The lowest BCUT2D eigenvalue weighted by Gasteiger charge is -2.14. The van der Waals surface area contributed by atoms with Crippen LogP contribution in [0.3, 0.4) is 0 Å². The van der Waals surface area contributed by atoms with Crippen LogP contribution in [0.2, 0.25) is 0 Å². The number of carbonyl (C=O) groups is 3. The molecular weight excluding hydrogens is 382 g/mol. The van der Waals surface area contributed by atoms with Gasteiger partial charge in [-0.25, -0.2) is 0 Å². The maximum absolute atomic E-state index is 11.0. The second-order valence-corrected chi connectivity index (χ2v) is 6.66. The Morgan fingerprint density at radius 1 is 1.03 bits per heavy atom. The number of carbonyl (C=O) groups excluding carboxylic acids is 3. The summed E-state index contributed by atoms with van der Waals surface area (Å²) in [7, 11) is 0. The smallest absolute Gasteiger partial charge is 0.305 e. The molecule has 1 aromatic rings. The van der Waals surface area contributed by atoms with Crippen LogP contribution in [0.25, 0.3) is 0 Å². The lowest BCUT2D eigenvalue weighted by molar-refractivity contribution is -0.157. The SMILES string of the molecule is CC.CCCC(=O)OC[C@@H](CC)OC(C)=O.CCCc1cc(C)ccc1NC(C)=O. The van der Waals surface area contributed by atoms with E-state index in [0.29, 0.717) is 12.8 Å². The highest BCUT2D eigenvalue weighted by Gasteiger charge is 2.12. The molecule has 1 rings (SSSR count). The molecule has 0 radical (unpaired) electrons. The molecule has 30 heavy (non-hydrogen) atoms. The highest BCUT2D eigenvalue weighted by atomic mass is 16.6. The Kier molecular flexibility index (Phi) is 18.5. The monoisotopic (exact) mass is 423 g/mol. The second-order valence-electron chi connectivity index (χ2n) is 6.66. The van der Waals surface area contributed by atoms with E-state index in [1.807, 2.05) is 39.8 Å². The van der Waals surface area contributed by atoms with Gasteiger partial charge in [-0.15, -0.1) is 0 Å². The molecule has 0 aliphatic carbocycles. The summed E-state index contributed by atoms with van der Waals surface area (Å²) < 4.78 is 9.83. The van der Waals surface area contributed by atoms with E-state index in [1.54, 1.807) is 0 Å². The molecule has 0 aliphatic heterocycles. The first-order chi connectivity index (χ1) is 14.2. The molecule has 6 heteroatoms. The summed E-state index contributed by atoms with van der Waals surface area (Å²) >= 11 is 0. The van der Waals surface area contributed by atoms with Crippen molar-refractivity contribution in [3.05, 3.63) is 29.3 Å². The topological polar surface area (TPSA) is 81.7 Å². The van der Waals surface area contributed by atoms with Gasteiger partial charge in [0.25, 0.3) is 0 Å². The van der Waals surface area contributed by atoms with Gasteiger partial charge in [-0.1, -0.05) is 58.7 Å². The van der Waals surface area contributed by atoms with Crippen molar-refractivity contribution in [2.24, 2.45) is 0 Å². The molecule has 0 saturated heterocycles. The van der Waals surface area contributed by atoms with Crippen LogP contribution in [0.1, 0.15) is 85.3 Å². The van der Waals surface area contributed by atoms with Gasteiger partial charge in [0.15, 0.2) is 0 Å². The van der Waals surface area contributed by atoms with Gasteiger partial charge in [0.2, 0.25) is 5.91 Å². The molecule has 0 bridgehead atoms. The van der Waals surface area contributed by atoms with E-state index in [9.17, 15) is 14.4 Å². The molecule has 0 heterocycles. The van der Waals surface area contributed by atoms with Crippen molar-refractivity contribution in [2.45, 2.75) is 93.6 Å². The normalized spacial score (nSPS) is 10.4. The predicted molar refractivity (Wildman–Crippen MR) is 123 cm³/mol. The van der Waals surface area contributed by atoms with Gasteiger partial charge >= 0.3 is 11.9 Å². The number of aryl methyl sites for hydroxylation is 2. The Labute approximate surface area is 182 Å². The summed E-state index contributed by atoms with van der Waals surface area (Å²) in [5.74, 6) is -0.590. The first-order valence-electron chi connectivity index (χ1n) is 10.9. The van der Waals surface area contributed by atoms with Gasteiger partial charge in [0.05, 0.1) is 0 Å². The minimum Gasteiger partial charge on any atom is -0.462 e. The van der Waals surface area contributed by atoms with Crippen LogP contribution in [-0.4, -0.2) is 30.6 Å². The van der Waals surface area contributed by atoms with Crippen molar-refractivity contribution >= 4 is 23.5 Å². The lowest BCUT2D eigenvalue weighted by atomic mass is 10.0. The number of hydrogen-bond donors (Lipinski definition) is 1. The van der Waals surface area contributed by atoms with E-state index in [0.717, 1.165) is 24.9 Å². The standard InChI is InChI=1S/C12H17NO.C10H18O4.C2H6/c1-4-5-11-8-9(2)6-7-12(11)13-10(3)14;1-4-6-10(12)13-7-9(5-2)14-8(3)11;1-2/h6-8H,4-5H2,1-3H3,(H,13,14);9H,4-7H2,1-3H3;1-2H3/t;9-;/m.1./s1. The van der Waals surface area contributed by atoms with Crippen molar-refractivity contribution in [1.29, 1.82) is 0 Å². The van der Waals surface area contributed by atoms with Crippen LogP contribution in [0.4, 0.5) is 5.69 Å². The molecule has 0 spiro atoms. The fourth-order valence-corrected chi connectivity index (χ4v) is 2.44. The molecule has 0 unspecified atom stereocenters. The number of esters is 2. The number of nitrogens with one attached hydrogen (secondary N) is 1. The Balaban J connectivity index is 0. The average molecular weight is 424 g/mol. The van der Waals surface area contributed by atoms with Gasteiger partial charge in [-0.3, -0.25) is 14.4 Å². The van der Waals surface area contributed by atoms with Crippen LogP contribution in [-0.2, 0) is 30.3 Å². The van der Waals surface area contributed by atoms with Crippen molar-refractivity contribution in [1.82, 2.24) is 0 Å². The summed E-state index contributed by atoms with van der Waals surface area (Å²) in [4.78, 5) is 32.6. The van der Waals surface area contributed by atoms with E-state index in [-0.39, 0.29) is 30.6 Å². The number of hydrogen-bond acceptors (Lipinski definition) is 5. The third kappa shape index (κ3) is 15.5. The zero-order chi connectivity index (χ0) is 23.5. The molecule has 0 saturated carbocycles. The van der Waals surface area contributed by atoms with Gasteiger partial charge in [0, 0.05) is 26.0 Å². The highest BCUT2D eigenvalue weighted by molar-refractivity contribution is 5.89. The third-order valence-corrected chi connectivity index (χ3v) is 3.76. The summed E-state index contributed by atoms with van der Waals surface area (Å²) in [6, 6.07) is 6.13. The lowest BCUT2D eigenvalue weighted by Crippen LogP contribution is -2.23. The van der Waals surface area contributed by atoms with Gasteiger partial charge < -0.3 is 14.8 Å². The first-order valence-corrected chi connectivity index (χ1v) is 10.9. The minimum absolute atomic E-state index is 0.00814. The van der Waals surface area contributed by atoms with Crippen molar-refractivity contribution < 1.29 is 23.9 Å². The molecule has 1 aromatic carbocycles. The second kappa shape index (κ2) is 18.6. The van der Waals surface area contributed by atoms with Crippen LogP contribution < -0.4 is 5.32 Å². The maximum atomic E-state index is 11.0. The third-order valence-electron chi connectivity index (χ3n) is 3.76. The molecule has 0 fully saturated rings. The number of amides is 1. The van der Waals surface area contributed by atoms with Crippen molar-refractivity contribution in [3.63, 3.8) is 0 Å². The summed E-state index contributed by atoms with van der Waals surface area (Å²) in [6.45, 7) is 15.0. The van der Waals surface area contributed by atoms with Crippen molar-refractivity contribution in [2.75, 3.05) is 11.9 Å². The quantitative estimate of drug-likeness (QED) is 0.523. The highest BCUT2D eigenvalue weighted by Crippen LogP contribution is 2.18. The molecule has 1 N–H and O–H groups in total. The molecule has 0 aromatic heterocycles. The average Bonchev–Trinajstić information content (AvgIpc) is 2.69. The fraction of sp³-hybridized carbons (Fsp3) is 0.625. The van der Waals surface area contributed by atoms with E-state index >= 15 is 0 Å². The Morgan fingerprint density at radius 3 is 2.13 bits per heavy atom. The predicted octanol–water partition coefficient (Wildman–Crippen LogP) is 5.60. The van der Waals surface area contributed by atoms with Gasteiger partial charge in [-0.2, -0.15) is 0 Å². The number of benzene rings is 1. The largest absolute Gasteiger partial charge is 0.462 e. The van der Waals surface area contributed by atoms with Crippen LogP contribution >= 0.6 is 0 Å². The Morgan fingerprint density at radius 2 is 1.67 bits per heavy atom. The Hall–Kier alpha value is -2.37. The van der Waals surface area contributed by atoms with Crippen LogP contribution in [0, 0.1) is 6.92 Å². The van der Waals surface area contributed by atoms with Crippen LogP contribution in [0.15, 0.2) is 18.2 Å². The molecular formula is C24H41NO5. The van der Waals surface area contributed by atoms with E-state index in [1.165, 1.54) is 25.0 Å². The van der Waals surface area contributed by atoms with Gasteiger partial charge in [0.1, 0.15) is 12.7 Å². The Bertz CT molecular complexity index is 628. The van der Waals surface area contributed by atoms with E-state index in [4.69, 9.17) is 9.47 Å². The first kappa shape index (κ1) is 29.8.